The van der Waals surface area contributed by atoms with Gasteiger partial charge in [0.2, 0.25) is 5.95 Å². The summed E-state index contributed by atoms with van der Waals surface area (Å²) in [5.74, 6) is 0.225. The summed E-state index contributed by atoms with van der Waals surface area (Å²) in [6.45, 7) is 0.292. The van der Waals surface area contributed by atoms with Crippen molar-refractivity contribution in [3.63, 3.8) is 0 Å². The van der Waals surface area contributed by atoms with Crippen LogP contribution in [0.1, 0.15) is 5.69 Å². The third-order valence-corrected chi connectivity index (χ3v) is 2.98. The van der Waals surface area contributed by atoms with Gasteiger partial charge in [0, 0.05) is 26.0 Å². The lowest BCUT2D eigenvalue weighted by atomic mass is 10.4. The highest BCUT2D eigenvalue weighted by Gasteiger charge is 2.09. The molecular formula is C9H15N5O2S. The number of nitrogen functional groups attached to an aromatic ring is 1. The minimum Gasteiger partial charge on any atom is -0.382 e. The highest BCUT2D eigenvalue weighted by Crippen LogP contribution is 2.05. The van der Waals surface area contributed by atoms with E-state index in [-0.39, 0.29) is 11.6 Å². The maximum absolute atomic E-state index is 11.0. The van der Waals surface area contributed by atoms with Crippen molar-refractivity contribution in [1.82, 2.24) is 9.97 Å². The number of nitrogens with zero attached hydrogens (tertiary/aromatic N) is 3. The van der Waals surface area contributed by atoms with Gasteiger partial charge in [-0.2, -0.15) is 0 Å². The van der Waals surface area contributed by atoms with Gasteiger partial charge in [-0.1, -0.05) is 0 Å². The molecule has 0 radical (unpaired) electrons. The number of aromatic nitrogens is 2. The molecule has 0 aromatic carbocycles. The summed E-state index contributed by atoms with van der Waals surface area (Å²) in [6.07, 6.45) is 2.66. The number of rotatable bonds is 5. The molecule has 0 unspecified atom stereocenters. The molecule has 0 amide bonds. The van der Waals surface area contributed by atoms with Gasteiger partial charge in [0.25, 0.3) is 0 Å². The molecule has 1 rings (SSSR count). The first-order valence-electron chi connectivity index (χ1n) is 4.86. The number of nitrogens with one attached hydrogen (secondary N) is 1. The van der Waals surface area contributed by atoms with Crippen LogP contribution in [0.25, 0.3) is 0 Å². The molecule has 7 nitrogen and oxygen atoms in total. The van der Waals surface area contributed by atoms with E-state index >= 15 is 0 Å². The van der Waals surface area contributed by atoms with E-state index in [1.165, 1.54) is 18.5 Å². The van der Waals surface area contributed by atoms with Crippen molar-refractivity contribution in [3.8, 4) is 0 Å². The quantitative estimate of drug-likeness (QED) is 0.529. The summed E-state index contributed by atoms with van der Waals surface area (Å²) in [5, 5.41) is 7.25. The zero-order valence-electron chi connectivity index (χ0n) is 9.71. The highest BCUT2D eigenvalue weighted by atomic mass is 32.2. The van der Waals surface area contributed by atoms with Gasteiger partial charge in [-0.05, 0) is 6.07 Å². The van der Waals surface area contributed by atoms with Gasteiger partial charge in [0.1, 0.15) is 21.4 Å². The number of hydrogen-bond donors (Lipinski definition) is 2. The normalized spacial score (nSPS) is 11.2. The maximum Gasteiger partial charge on any atom is 0.225 e. The van der Waals surface area contributed by atoms with E-state index in [1.807, 2.05) is 0 Å². The summed E-state index contributed by atoms with van der Waals surface area (Å²) in [6, 6.07) is 1.52. The Kier molecular flexibility index (Phi) is 4.00. The average Bonchev–Trinajstić information content (AvgIpc) is 2.25. The number of sulfone groups is 1. The Bertz CT molecular complexity index is 514. The molecule has 94 valence electrons. The maximum atomic E-state index is 11.0. The molecule has 1 aromatic rings. The van der Waals surface area contributed by atoms with Crippen LogP contribution in [0.15, 0.2) is 12.3 Å². The van der Waals surface area contributed by atoms with Gasteiger partial charge in [0.05, 0.1) is 5.75 Å². The van der Waals surface area contributed by atoms with E-state index in [9.17, 15) is 8.42 Å². The molecule has 0 aliphatic rings. The van der Waals surface area contributed by atoms with E-state index < -0.39 is 9.84 Å². The van der Waals surface area contributed by atoms with E-state index in [4.69, 9.17) is 11.1 Å². The predicted molar refractivity (Wildman–Crippen MR) is 66.0 cm³/mol. The zero-order valence-corrected chi connectivity index (χ0v) is 10.5. The number of hydrogen-bond acceptors (Lipinski definition) is 6. The second kappa shape index (κ2) is 5.09. The first-order valence-corrected chi connectivity index (χ1v) is 6.92. The van der Waals surface area contributed by atoms with Gasteiger partial charge in [-0.25, -0.2) is 18.4 Å². The smallest absolute Gasteiger partial charge is 0.225 e. The topological polar surface area (TPSA) is 113 Å². The van der Waals surface area contributed by atoms with Gasteiger partial charge in [0.15, 0.2) is 0 Å². The van der Waals surface area contributed by atoms with Crippen molar-refractivity contribution in [1.29, 1.82) is 5.41 Å². The molecule has 0 aliphatic carbocycles. The molecule has 1 aromatic heterocycles. The third kappa shape index (κ3) is 4.35. The Morgan fingerprint density at radius 1 is 1.59 bits per heavy atom. The lowest BCUT2D eigenvalue weighted by molar-refractivity contribution is 0.601. The molecule has 0 saturated carbocycles. The molecular weight excluding hydrogens is 242 g/mol. The highest BCUT2D eigenvalue weighted by molar-refractivity contribution is 7.90. The molecule has 8 heteroatoms. The SMILES string of the molecule is CN(CCS(C)(=O)=O)c1nccc(C(=N)N)n1. The molecule has 0 atom stereocenters. The number of nitrogens with two attached hydrogens (primary N) is 1. The average molecular weight is 257 g/mol. The Labute approximate surface area is 100 Å². The first kappa shape index (κ1) is 13.4. The Morgan fingerprint density at radius 2 is 2.24 bits per heavy atom. The van der Waals surface area contributed by atoms with Crippen LogP contribution in [0, 0.1) is 5.41 Å². The van der Waals surface area contributed by atoms with Crippen LogP contribution < -0.4 is 10.6 Å². The Morgan fingerprint density at radius 3 is 2.76 bits per heavy atom. The van der Waals surface area contributed by atoms with Crippen molar-refractivity contribution in [3.05, 3.63) is 18.0 Å². The van der Waals surface area contributed by atoms with E-state index in [2.05, 4.69) is 9.97 Å². The largest absolute Gasteiger partial charge is 0.382 e. The van der Waals surface area contributed by atoms with Gasteiger partial charge in [-0.3, -0.25) is 5.41 Å². The summed E-state index contributed by atoms with van der Waals surface area (Å²) in [7, 11) is -1.33. The zero-order chi connectivity index (χ0) is 13.1. The molecule has 0 fully saturated rings. The molecule has 0 aliphatic heterocycles. The summed E-state index contributed by atoms with van der Waals surface area (Å²) in [4.78, 5) is 9.64. The summed E-state index contributed by atoms with van der Waals surface area (Å²) < 4.78 is 22.0. The fourth-order valence-electron chi connectivity index (χ4n) is 1.09. The molecule has 0 spiro atoms. The van der Waals surface area contributed by atoms with E-state index in [0.717, 1.165) is 0 Å². The van der Waals surface area contributed by atoms with Crippen molar-refractivity contribution >= 4 is 21.6 Å². The monoisotopic (exact) mass is 257 g/mol. The molecule has 0 bridgehead atoms. The minimum absolute atomic E-state index is 0.0250. The second-order valence-electron chi connectivity index (χ2n) is 3.71. The van der Waals surface area contributed by atoms with Crippen LogP contribution in [-0.4, -0.2) is 49.8 Å². The van der Waals surface area contributed by atoms with Crippen LogP contribution in [-0.2, 0) is 9.84 Å². The van der Waals surface area contributed by atoms with Crippen LogP contribution >= 0.6 is 0 Å². The van der Waals surface area contributed by atoms with Crippen molar-refractivity contribution in [2.75, 3.05) is 30.5 Å². The fourth-order valence-corrected chi connectivity index (χ4v) is 1.69. The Balaban J connectivity index is 2.79. The summed E-state index contributed by atoms with van der Waals surface area (Å²) >= 11 is 0. The minimum atomic E-state index is -3.02. The first-order chi connectivity index (χ1) is 7.79. The fraction of sp³-hybridized carbons (Fsp3) is 0.444. The number of anilines is 1. The molecule has 17 heavy (non-hydrogen) atoms. The summed E-state index contributed by atoms with van der Waals surface area (Å²) in [5.41, 5.74) is 5.63. The molecule has 0 saturated heterocycles. The van der Waals surface area contributed by atoms with Crippen LogP contribution in [0.3, 0.4) is 0 Å². The Hall–Kier alpha value is -1.70. The lowest BCUT2D eigenvalue weighted by Crippen LogP contribution is -2.27. The van der Waals surface area contributed by atoms with Gasteiger partial charge >= 0.3 is 0 Å². The predicted octanol–water partition coefficient (Wildman–Crippen LogP) is -0.759. The van der Waals surface area contributed by atoms with E-state index in [0.29, 0.717) is 18.2 Å². The van der Waals surface area contributed by atoms with Crippen molar-refractivity contribution < 1.29 is 8.42 Å². The standard InChI is InChI=1S/C9H15N5O2S/c1-14(5-6-17(2,15)16)9-12-4-3-7(13-9)8(10)11/h3-4H,5-6H2,1-2H3,(H3,10,11). The second-order valence-corrected chi connectivity index (χ2v) is 5.97. The van der Waals surface area contributed by atoms with Crippen LogP contribution in [0.4, 0.5) is 5.95 Å². The number of amidine groups is 1. The van der Waals surface area contributed by atoms with Gasteiger partial charge in [-0.15, -0.1) is 0 Å². The van der Waals surface area contributed by atoms with E-state index in [1.54, 1.807) is 11.9 Å². The molecule has 3 N–H and O–H groups in total. The lowest BCUT2D eigenvalue weighted by Gasteiger charge is -2.16. The van der Waals surface area contributed by atoms with Crippen molar-refractivity contribution in [2.24, 2.45) is 5.73 Å². The van der Waals surface area contributed by atoms with Crippen LogP contribution in [0.2, 0.25) is 0 Å². The third-order valence-electron chi connectivity index (χ3n) is 2.06. The van der Waals surface area contributed by atoms with Crippen molar-refractivity contribution in [2.45, 2.75) is 0 Å². The van der Waals surface area contributed by atoms with Crippen LogP contribution in [0.5, 0.6) is 0 Å². The molecule has 1 heterocycles. The van der Waals surface area contributed by atoms with Gasteiger partial charge < -0.3 is 10.6 Å².